The van der Waals surface area contributed by atoms with E-state index in [1.165, 1.54) is 11.8 Å². The number of benzene rings is 1. The van der Waals surface area contributed by atoms with Crippen LogP contribution in [-0.2, 0) is 4.79 Å². The van der Waals surface area contributed by atoms with Crippen molar-refractivity contribution in [2.24, 2.45) is 0 Å². The van der Waals surface area contributed by atoms with E-state index in [0.29, 0.717) is 0 Å². The SMILES string of the molecule is CC(=O)SCCC#Cc1cc(C)c(Cl)c(C)c1. The van der Waals surface area contributed by atoms with Crippen LogP contribution in [0.5, 0.6) is 0 Å². The Morgan fingerprint density at radius 2 is 1.94 bits per heavy atom. The molecule has 90 valence electrons. The molecule has 0 aromatic heterocycles. The Balaban J connectivity index is 2.63. The molecule has 1 rings (SSSR count). The Kier molecular flexibility index (Phi) is 5.61. The van der Waals surface area contributed by atoms with Crippen LogP contribution in [0.3, 0.4) is 0 Å². The molecule has 0 amide bonds. The molecule has 0 atom stereocenters. The summed E-state index contributed by atoms with van der Waals surface area (Å²) in [5.41, 5.74) is 3.08. The normalized spacial score (nSPS) is 9.65. The summed E-state index contributed by atoms with van der Waals surface area (Å²) >= 11 is 7.39. The number of hydrogen-bond donors (Lipinski definition) is 0. The minimum Gasteiger partial charge on any atom is -0.288 e. The first kappa shape index (κ1) is 14.2. The van der Waals surface area contributed by atoms with Crippen LogP contribution in [0, 0.1) is 25.7 Å². The van der Waals surface area contributed by atoms with E-state index in [-0.39, 0.29) is 5.12 Å². The molecule has 0 aliphatic heterocycles. The minimum absolute atomic E-state index is 0.144. The van der Waals surface area contributed by atoms with Crippen molar-refractivity contribution in [1.29, 1.82) is 0 Å². The first-order valence-electron chi connectivity index (χ1n) is 5.39. The van der Waals surface area contributed by atoms with Gasteiger partial charge in [0.2, 0.25) is 0 Å². The Hall–Kier alpha value is -0.910. The van der Waals surface area contributed by atoms with Crippen LogP contribution in [0.15, 0.2) is 12.1 Å². The molecule has 0 radical (unpaired) electrons. The van der Waals surface area contributed by atoms with Crippen molar-refractivity contribution in [2.75, 3.05) is 5.75 Å². The van der Waals surface area contributed by atoms with Crippen LogP contribution in [0.4, 0.5) is 0 Å². The lowest BCUT2D eigenvalue weighted by Gasteiger charge is -2.02. The lowest BCUT2D eigenvalue weighted by molar-refractivity contribution is -0.109. The van der Waals surface area contributed by atoms with Crippen LogP contribution in [-0.4, -0.2) is 10.9 Å². The Morgan fingerprint density at radius 1 is 1.35 bits per heavy atom. The van der Waals surface area contributed by atoms with E-state index < -0.39 is 0 Å². The van der Waals surface area contributed by atoms with Gasteiger partial charge in [0.25, 0.3) is 0 Å². The largest absolute Gasteiger partial charge is 0.288 e. The molecule has 0 bridgehead atoms. The van der Waals surface area contributed by atoms with Crippen molar-refractivity contribution >= 4 is 28.5 Å². The molecule has 0 saturated carbocycles. The average molecular weight is 267 g/mol. The number of rotatable bonds is 2. The first-order chi connectivity index (χ1) is 8.00. The molecule has 1 aromatic carbocycles. The van der Waals surface area contributed by atoms with Gasteiger partial charge in [-0.15, -0.1) is 0 Å². The van der Waals surface area contributed by atoms with Gasteiger partial charge in [0.15, 0.2) is 5.12 Å². The second kappa shape index (κ2) is 6.74. The molecule has 1 nitrogen and oxygen atoms in total. The zero-order valence-electron chi connectivity index (χ0n) is 10.3. The topological polar surface area (TPSA) is 17.1 Å². The molecule has 3 heteroatoms. The summed E-state index contributed by atoms with van der Waals surface area (Å²) in [5.74, 6) is 6.92. The predicted octanol–water partition coefficient (Wildman–Crippen LogP) is 3.98. The van der Waals surface area contributed by atoms with Gasteiger partial charge in [-0.1, -0.05) is 35.2 Å². The quantitative estimate of drug-likeness (QED) is 0.595. The van der Waals surface area contributed by atoms with Crippen molar-refractivity contribution in [1.82, 2.24) is 0 Å². The van der Waals surface area contributed by atoms with Crippen LogP contribution >= 0.6 is 23.4 Å². The maximum atomic E-state index is 10.7. The van der Waals surface area contributed by atoms with E-state index in [0.717, 1.165) is 33.9 Å². The number of carbonyl (C=O) groups is 1. The number of carbonyl (C=O) groups excluding carboxylic acids is 1. The summed E-state index contributed by atoms with van der Waals surface area (Å²) in [7, 11) is 0. The summed E-state index contributed by atoms with van der Waals surface area (Å²) in [5, 5.41) is 0.952. The molecule has 0 aliphatic rings. The second-order valence-corrected chi connectivity index (χ2v) is 5.47. The van der Waals surface area contributed by atoms with E-state index >= 15 is 0 Å². The first-order valence-corrected chi connectivity index (χ1v) is 6.76. The zero-order valence-corrected chi connectivity index (χ0v) is 11.8. The number of aryl methyl sites for hydroxylation is 2. The highest BCUT2D eigenvalue weighted by molar-refractivity contribution is 8.13. The second-order valence-electron chi connectivity index (χ2n) is 3.82. The summed E-state index contributed by atoms with van der Waals surface area (Å²) in [6.07, 6.45) is 0.727. The Labute approximate surface area is 112 Å². The average Bonchev–Trinajstić information content (AvgIpc) is 2.25. The fourth-order valence-corrected chi connectivity index (χ4v) is 2.03. The third-order valence-corrected chi connectivity index (χ3v) is 3.61. The molecule has 0 saturated heterocycles. The summed E-state index contributed by atoms with van der Waals surface area (Å²) in [6.45, 7) is 5.53. The van der Waals surface area contributed by atoms with Crippen LogP contribution < -0.4 is 0 Å². The molecule has 0 N–H and O–H groups in total. The smallest absolute Gasteiger partial charge is 0.185 e. The maximum absolute atomic E-state index is 10.7. The zero-order chi connectivity index (χ0) is 12.8. The fourth-order valence-electron chi connectivity index (χ4n) is 1.43. The Bertz CT molecular complexity index is 460. The van der Waals surface area contributed by atoms with Crippen LogP contribution in [0.1, 0.15) is 30.0 Å². The summed E-state index contributed by atoms with van der Waals surface area (Å²) < 4.78 is 0. The van der Waals surface area contributed by atoms with Gasteiger partial charge in [-0.3, -0.25) is 4.79 Å². The number of thioether (sulfide) groups is 1. The lowest BCUT2D eigenvalue weighted by atomic mass is 10.1. The van der Waals surface area contributed by atoms with Crippen LogP contribution in [0.25, 0.3) is 0 Å². The van der Waals surface area contributed by atoms with E-state index in [4.69, 9.17) is 11.6 Å². The third-order valence-electron chi connectivity index (χ3n) is 2.20. The van der Waals surface area contributed by atoms with Crippen molar-refractivity contribution in [3.8, 4) is 11.8 Å². The van der Waals surface area contributed by atoms with Crippen molar-refractivity contribution in [3.63, 3.8) is 0 Å². The van der Waals surface area contributed by atoms with Gasteiger partial charge >= 0.3 is 0 Å². The van der Waals surface area contributed by atoms with Gasteiger partial charge in [0, 0.05) is 29.7 Å². The molecule has 0 fully saturated rings. The van der Waals surface area contributed by atoms with E-state index in [1.54, 1.807) is 6.92 Å². The molecular weight excluding hydrogens is 252 g/mol. The highest BCUT2D eigenvalue weighted by Gasteiger charge is 2.00. The maximum Gasteiger partial charge on any atom is 0.185 e. The molecule has 0 spiro atoms. The van der Waals surface area contributed by atoms with Crippen molar-refractivity contribution < 1.29 is 4.79 Å². The van der Waals surface area contributed by atoms with Gasteiger partial charge in [0.05, 0.1) is 0 Å². The lowest BCUT2D eigenvalue weighted by Crippen LogP contribution is -1.86. The van der Waals surface area contributed by atoms with Gasteiger partial charge in [-0.25, -0.2) is 0 Å². The standard InChI is InChI=1S/C14H15ClOS/c1-10-8-13(9-11(2)14(10)15)6-4-5-7-17-12(3)16/h8-9H,5,7H2,1-3H3. The van der Waals surface area contributed by atoms with Gasteiger partial charge < -0.3 is 0 Å². The minimum atomic E-state index is 0.144. The fraction of sp³-hybridized carbons (Fsp3) is 0.357. The molecule has 1 aromatic rings. The predicted molar refractivity (Wildman–Crippen MR) is 75.6 cm³/mol. The number of hydrogen-bond acceptors (Lipinski definition) is 2. The van der Waals surface area contributed by atoms with Crippen molar-refractivity contribution in [2.45, 2.75) is 27.2 Å². The third kappa shape index (κ3) is 4.85. The monoisotopic (exact) mass is 266 g/mol. The van der Waals surface area contributed by atoms with Crippen molar-refractivity contribution in [3.05, 3.63) is 33.8 Å². The Morgan fingerprint density at radius 3 is 2.47 bits per heavy atom. The van der Waals surface area contributed by atoms with E-state index in [1.807, 2.05) is 26.0 Å². The van der Waals surface area contributed by atoms with E-state index in [9.17, 15) is 4.79 Å². The van der Waals surface area contributed by atoms with Gasteiger partial charge in [0.1, 0.15) is 0 Å². The number of halogens is 1. The molecule has 0 unspecified atom stereocenters. The summed E-state index contributed by atoms with van der Waals surface area (Å²) in [4.78, 5) is 10.7. The highest BCUT2D eigenvalue weighted by atomic mass is 35.5. The molecule has 0 aliphatic carbocycles. The molecule has 17 heavy (non-hydrogen) atoms. The van der Waals surface area contributed by atoms with Crippen LogP contribution in [0.2, 0.25) is 5.02 Å². The summed E-state index contributed by atoms with van der Waals surface area (Å²) in [6, 6.07) is 3.97. The van der Waals surface area contributed by atoms with E-state index in [2.05, 4.69) is 11.8 Å². The highest BCUT2D eigenvalue weighted by Crippen LogP contribution is 2.21. The molecular formula is C14H15ClOS. The van der Waals surface area contributed by atoms with Gasteiger partial charge in [-0.05, 0) is 37.1 Å². The van der Waals surface area contributed by atoms with Gasteiger partial charge in [-0.2, -0.15) is 0 Å². The molecule has 0 heterocycles.